The molecule has 30 heteroatoms. The standard InChI is InChI=1S/C12H18N4.2C10H15N3S.C9H12N2O2.C9H14N2.C7H8N2O2.C2H8N2.CH3I.CHNS.CH4.CH3.HI.K.Ni/c1-9-10(15-12-13-7-8-14-12)5-4-6-11(9)16(2)3;2*1-7-8(12-10(11)14)5-4-6-9(7)13(2)3;1-7-8(10(2)3)5-4-6-9(7)11(12)13;1-7-8(10)5-4-6-9(7)11(2)3;1-5-6(8)3-2-4-7(5)9(10)11;3-1-2-4;1-2;2-1-3;;;;;/h4-6H,7-8H2,1-3H3,(H2,13,14,15);2*4-6H,1-3H3,(H3,11,12,14);4-6H,1-3H3;4-6H,10H2,1-3H3;2-4H,8H2,1H3;1-4H2;1H3;3H;1H4;1H3;1H;;/q;;;;;;;;;;-1;;+1;/p-2. The van der Waals surface area contributed by atoms with Gasteiger partial charge in [-0.3, -0.25) is 25.2 Å². The maximum absolute atomic E-state index is 10.6. The number of hydrogen-bond acceptors (Lipinski definition) is 20. The number of nitrogens with two attached hydrogens (primary N) is 6. The molecule has 0 saturated carbocycles. The SMILES string of the molecule is C.CI.Cc1c(N(C)C)cccc1[N+](=O)[O-].Cc1c(N)cccc1N(C)C.Cc1c(N)cccc1[N+](=O)[O-].Cc1c(NC(N)=S)cccc1N(C)C.Cc1c(NC(N)=S)cccc1N(C)C.Cc1c(NC2=NCCN2)cccc1N(C)C.N#C[S-].NCCN.[CH3-].[I-].[K+].[Ni]. The molecule has 7 rings (SSSR count). The molecule has 0 aromatic heterocycles. The molecule has 0 unspecified atom stereocenters. The number of halogens is 2. The Balaban J connectivity index is -0.000000185. The number of nitrogens with one attached hydrogen (secondary N) is 4. The number of nitro benzene ring substituents is 2. The first-order valence-corrected chi connectivity index (χ1v) is 30.4. The van der Waals surface area contributed by atoms with Crippen molar-refractivity contribution in [3.8, 4) is 5.40 Å². The van der Waals surface area contributed by atoms with E-state index in [1.807, 2.05) is 129 Å². The molecular weight excluding hydrogens is 1530 g/mol. The third-order valence-corrected chi connectivity index (χ3v) is 12.5. The molecule has 93 heavy (non-hydrogen) atoms. The summed E-state index contributed by atoms with van der Waals surface area (Å²) in [5.74, 6) is 0.874. The molecule has 1 heterocycles. The van der Waals surface area contributed by atoms with Gasteiger partial charge in [0.05, 0.1) is 16.4 Å². The van der Waals surface area contributed by atoms with Crippen molar-refractivity contribution in [2.24, 2.45) is 27.9 Å². The average molecular weight is 1640 g/mol. The molecule has 1 aliphatic heterocycles. The Labute approximate surface area is 655 Å². The summed E-state index contributed by atoms with van der Waals surface area (Å²) >= 11 is 15.4. The fraction of sp³-hybridized carbons (Fsp3) is 0.349. The first kappa shape index (κ1) is 101. The molecule has 0 saturated heterocycles. The van der Waals surface area contributed by atoms with Gasteiger partial charge in [0.25, 0.3) is 11.4 Å². The summed E-state index contributed by atoms with van der Waals surface area (Å²) in [6.45, 7) is 14.6. The second-order valence-corrected chi connectivity index (χ2v) is 20.7. The van der Waals surface area contributed by atoms with E-state index in [4.69, 9.17) is 64.1 Å². The summed E-state index contributed by atoms with van der Waals surface area (Å²) in [6.07, 6.45) is 0. The van der Waals surface area contributed by atoms with Gasteiger partial charge in [-0.15, -0.1) is 0 Å². The van der Waals surface area contributed by atoms with Crippen molar-refractivity contribution in [3.63, 3.8) is 0 Å². The van der Waals surface area contributed by atoms with Crippen LogP contribution in [-0.2, 0) is 29.1 Å². The molecule has 0 atom stereocenters. The molecule has 0 fully saturated rings. The number of guanidine groups is 1. The fourth-order valence-corrected chi connectivity index (χ4v) is 8.08. The second kappa shape index (κ2) is 55.8. The van der Waals surface area contributed by atoms with E-state index in [0.29, 0.717) is 40.1 Å². The van der Waals surface area contributed by atoms with E-state index in [9.17, 15) is 20.2 Å². The summed E-state index contributed by atoms with van der Waals surface area (Å²) < 4.78 is 0. The average Bonchev–Trinajstić information content (AvgIpc) is 1.65. The van der Waals surface area contributed by atoms with Gasteiger partial charge in [-0.05, 0) is 154 Å². The molecule has 0 radical (unpaired) electrons. The first-order valence-electron chi connectivity index (χ1n) is 27.1. The zero-order chi connectivity index (χ0) is 68.0. The minimum Gasteiger partial charge on any atom is -1.00 e. The Kier molecular flexibility index (Phi) is 60.7. The quantitative estimate of drug-likeness (QED) is 0.00777. The number of hydrogen-bond donors (Lipinski definition) is 10. The number of rotatable bonds is 11. The fourth-order valence-electron chi connectivity index (χ4n) is 7.86. The monoisotopic (exact) mass is 1630 g/mol. The van der Waals surface area contributed by atoms with Gasteiger partial charge in [0.15, 0.2) is 16.2 Å². The molecular formula is C63H100I2KN19NiO4S3-2. The van der Waals surface area contributed by atoms with E-state index >= 15 is 0 Å². The van der Waals surface area contributed by atoms with Crippen LogP contribution < -0.4 is 156 Å². The van der Waals surface area contributed by atoms with E-state index in [1.165, 1.54) is 34.5 Å². The number of anilines is 10. The van der Waals surface area contributed by atoms with Crippen LogP contribution in [0.1, 0.15) is 40.8 Å². The van der Waals surface area contributed by atoms with Crippen LogP contribution in [0.5, 0.6) is 0 Å². The van der Waals surface area contributed by atoms with Crippen LogP contribution in [0.2, 0.25) is 0 Å². The minimum atomic E-state index is -0.439. The van der Waals surface area contributed by atoms with Crippen LogP contribution >= 0.6 is 47.0 Å². The molecule has 0 aliphatic carbocycles. The number of nitrogen functional groups attached to an aromatic ring is 2. The molecule has 6 aromatic rings. The number of benzene rings is 6. The largest absolute Gasteiger partial charge is 1.00 e. The van der Waals surface area contributed by atoms with Crippen LogP contribution in [0.25, 0.3) is 0 Å². The molecule has 0 amide bonds. The summed E-state index contributed by atoms with van der Waals surface area (Å²) in [4.78, 5) is 36.6. The van der Waals surface area contributed by atoms with Crippen LogP contribution in [0.4, 0.5) is 68.2 Å². The normalized spacial score (nSPS) is 9.47. The van der Waals surface area contributed by atoms with Crippen molar-refractivity contribution in [3.05, 3.63) is 170 Å². The maximum atomic E-state index is 10.6. The first-order chi connectivity index (χ1) is 41.3. The molecule has 16 N–H and O–H groups in total. The summed E-state index contributed by atoms with van der Waals surface area (Å²) in [5.41, 5.74) is 48.0. The molecule has 1 aliphatic rings. The molecule has 0 spiro atoms. The van der Waals surface area contributed by atoms with E-state index < -0.39 is 4.92 Å². The number of alkyl halides is 1. The summed E-state index contributed by atoms with van der Waals surface area (Å²) in [5, 5.41) is 42.4. The van der Waals surface area contributed by atoms with E-state index in [-0.39, 0.29) is 123 Å². The zero-order valence-electron chi connectivity index (χ0n) is 56.6. The van der Waals surface area contributed by atoms with Crippen molar-refractivity contribution >= 4 is 144 Å². The molecule has 23 nitrogen and oxygen atoms in total. The predicted octanol–water partition coefficient (Wildman–Crippen LogP) is 5.02. The minimum absolute atomic E-state index is 0. The van der Waals surface area contributed by atoms with Crippen LogP contribution in [0, 0.1) is 79.9 Å². The van der Waals surface area contributed by atoms with Gasteiger partial charge >= 0.3 is 51.4 Å². The summed E-state index contributed by atoms with van der Waals surface area (Å²) in [7, 11) is 19.9. The van der Waals surface area contributed by atoms with Crippen molar-refractivity contribution in [1.29, 1.82) is 5.26 Å². The number of nitriles is 1. The second-order valence-electron chi connectivity index (χ2n) is 19.7. The summed E-state index contributed by atoms with van der Waals surface area (Å²) in [6, 6.07) is 33.9. The van der Waals surface area contributed by atoms with Gasteiger partial charge in [-0.1, -0.05) is 71.8 Å². The Bertz CT molecular complexity index is 3150. The maximum Gasteiger partial charge on any atom is 1.00 e. The van der Waals surface area contributed by atoms with Gasteiger partial charge < -0.3 is 124 Å². The van der Waals surface area contributed by atoms with Gasteiger partial charge in [-0.25, -0.2) is 5.26 Å². The third kappa shape index (κ3) is 38.7. The number of thiocarbonyl (C=S) groups is 2. The number of nitrogens with zero attached hydrogens (tertiary/aromatic N) is 9. The molecule has 6 aromatic carbocycles. The molecule has 0 bridgehead atoms. The van der Waals surface area contributed by atoms with Crippen LogP contribution in [-0.4, -0.2) is 128 Å². The van der Waals surface area contributed by atoms with Crippen LogP contribution in [0.15, 0.2) is 114 Å². The van der Waals surface area contributed by atoms with Crippen molar-refractivity contribution < 1.29 is 102 Å². The van der Waals surface area contributed by atoms with Gasteiger partial charge in [0, 0.05) is 187 Å². The van der Waals surface area contributed by atoms with Gasteiger partial charge in [0.1, 0.15) is 0 Å². The van der Waals surface area contributed by atoms with Crippen molar-refractivity contribution in [2.45, 2.75) is 49.0 Å². The Hall–Kier alpha value is -5.41. The Morgan fingerprint density at radius 3 is 1.13 bits per heavy atom. The Morgan fingerprint density at radius 1 is 0.581 bits per heavy atom. The third-order valence-electron chi connectivity index (χ3n) is 12.3. The smallest absolute Gasteiger partial charge is 1.00 e. The molecule has 516 valence electrons. The number of aliphatic imine (C=N–C) groups is 1. The van der Waals surface area contributed by atoms with Crippen molar-refractivity contribution in [1.82, 2.24) is 5.32 Å². The van der Waals surface area contributed by atoms with Gasteiger partial charge in [0.2, 0.25) is 0 Å². The van der Waals surface area contributed by atoms with E-state index in [1.54, 1.807) is 32.0 Å². The number of nitro groups is 2. The predicted molar refractivity (Wildman–Crippen MR) is 410 cm³/mol. The zero-order valence-corrected chi connectivity index (χ0v) is 67.5. The van der Waals surface area contributed by atoms with Crippen molar-refractivity contribution in [2.75, 3.05) is 154 Å². The number of thiocyanates is 1. The Morgan fingerprint density at radius 2 is 0.849 bits per heavy atom. The van der Waals surface area contributed by atoms with E-state index in [0.717, 1.165) is 75.6 Å². The van der Waals surface area contributed by atoms with E-state index in [2.05, 4.69) is 138 Å². The van der Waals surface area contributed by atoms with Crippen LogP contribution in [0.3, 0.4) is 0 Å². The topological polar surface area (TPSA) is 343 Å². The van der Waals surface area contributed by atoms with Gasteiger partial charge in [-0.2, -0.15) is 0 Å².